The lowest BCUT2D eigenvalue weighted by Crippen LogP contribution is -2.17. The molecule has 1 amide bonds. The van der Waals surface area contributed by atoms with Crippen LogP contribution in [0.4, 0.5) is 0 Å². The summed E-state index contributed by atoms with van der Waals surface area (Å²) in [5.74, 6) is 1.50. The van der Waals surface area contributed by atoms with Crippen molar-refractivity contribution in [1.82, 2.24) is 5.43 Å². The first-order chi connectivity index (χ1) is 16.0. The van der Waals surface area contributed by atoms with Gasteiger partial charge in [-0.25, -0.2) is 5.43 Å². The summed E-state index contributed by atoms with van der Waals surface area (Å²) in [6.45, 7) is 0.289. The van der Waals surface area contributed by atoms with E-state index in [-0.39, 0.29) is 12.5 Å². The zero-order valence-electron chi connectivity index (χ0n) is 17.1. The molecule has 8 heteroatoms. The number of carbonyl (C=O) groups excluding carboxylic acids is 1. The minimum atomic E-state index is -0.349. The maximum Gasteiger partial charge on any atom is 0.271 e. The maximum atomic E-state index is 12.3. The van der Waals surface area contributed by atoms with Crippen LogP contribution in [0.15, 0.2) is 92.9 Å². The van der Waals surface area contributed by atoms with Gasteiger partial charge in [0, 0.05) is 31.2 Å². The molecule has 1 aromatic heterocycles. The second kappa shape index (κ2) is 10.7. The highest BCUT2D eigenvalue weighted by atomic mass is 79.9. The van der Waals surface area contributed by atoms with E-state index in [1.165, 1.54) is 6.21 Å². The van der Waals surface area contributed by atoms with Gasteiger partial charge in [0.2, 0.25) is 0 Å². The van der Waals surface area contributed by atoms with E-state index in [0.29, 0.717) is 32.9 Å². The van der Waals surface area contributed by atoms with Crippen LogP contribution >= 0.6 is 39.1 Å². The molecule has 0 atom stereocenters. The predicted octanol–water partition coefficient (Wildman–Crippen LogP) is 7.36. The molecular formula is C25H17BrCl2N2O3. The standard InChI is InChI=1S/C25H17BrCl2N2O3/c26-19-6-1-16(2-7-19)24-12-11-22(33-24)14-29-30-25(31)17-4-9-21(10-5-17)32-15-18-3-8-20(27)13-23(18)28/h1-14H,15H2,(H,30,31)/b29-14+. The van der Waals surface area contributed by atoms with Crippen LogP contribution in [0, 0.1) is 0 Å². The number of hydrazone groups is 1. The smallest absolute Gasteiger partial charge is 0.271 e. The SMILES string of the molecule is O=C(N/N=C/c1ccc(-c2ccc(Br)cc2)o1)c1ccc(OCc2ccc(Cl)cc2Cl)cc1. The van der Waals surface area contributed by atoms with E-state index in [1.54, 1.807) is 42.5 Å². The van der Waals surface area contributed by atoms with Crippen molar-refractivity contribution < 1.29 is 13.9 Å². The monoisotopic (exact) mass is 542 g/mol. The maximum absolute atomic E-state index is 12.3. The van der Waals surface area contributed by atoms with Gasteiger partial charge in [0.25, 0.3) is 5.91 Å². The molecule has 1 N–H and O–H groups in total. The number of nitrogens with one attached hydrogen (secondary N) is 1. The Morgan fingerprint density at radius 3 is 2.48 bits per heavy atom. The van der Waals surface area contributed by atoms with Crippen LogP contribution in [0.3, 0.4) is 0 Å². The van der Waals surface area contributed by atoms with Gasteiger partial charge in [-0.2, -0.15) is 5.10 Å². The zero-order chi connectivity index (χ0) is 23.2. The van der Waals surface area contributed by atoms with Crippen LogP contribution < -0.4 is 10.2 Å². The predicted molar refractivity (Wildman–Crippen MR) is 134 cm³/mol. The summed E-state index contributed by atoms with van der Waals surface area (Å²) in [4.78, 5) is 12.3. The van der Waals surface area contributed by atoms with E-state index >= 15 is 0 Å². The molecule has 4 rings (SSSR count). The van der Waals surface area contributed by atoms with Gasteiger partial charge in [0.15, 0.2) is 0 Å². The lowest BCUT2D eigenvalue weighted by Gasteiger charge is -2.08. The molecule has 5 nitrogen and oxygen atoms in total. The number of furan rings is 1. The lowest BCUT2D eigenvalue weighted by atomic mass is 10.2. The van der Waals surface area contributed by atoms with Crippen LogP contribution in [0.25, 0.3) is 11.3 Å². The molecule has 4 aromatic rings. The van der Waals surface area contributed by atoms with E-state index in [0.717, 1.165) is 15.6 Å². The Balaban J connectivity index is 1.30. The van der Waals surface area contributed by atoms with E-state index in [1.807, 2.05) is 36.4 Å². The largest absolute Gasteiger partial charge is 0.489 e. The molecule has 0 radical (unpaired) electrons. The topological polar surface area (TPSA) is 63.8 Å². The Morgan fingerprint density at radius 1 is 1.00 bits per heavy atom. The van der Waals surface area contributed by atoms with Gasteiger partial charge in [-0.15, -0.1) is 0 Å². The molecule has 0 unspecified atom stereocenters. The average molecular weight is 544 g/mol. The number of ether oxygens (including phenoxy) is 1. The number of rotatable bonds is 7. The van der Waals surface area contributed by atoms with E-state index in [4.69, 9.17) is 32.4 Å². The van der Waals surface area contributed by atoms with Gasteiger partial charge in [0.05, 0.1) is 6.21 Å². The number of halogens is 3. The van der Waals surface area contributed by atoms with E-state index in [2.05, 4.69) is 26.5 Å². The average Bonchev–Trinajstić information content (AvgIpc) is 3.28. The van der Waals surface area contributed by atoms with Gasteiger partial charge in [0.1, 0.15) is 23.9 Å². The number of nitrogens with zero attached hydrogens (tertiary/aromatic N) is 1. The first kappa shape index (κ1) is 23.1. The van der Waals surface area contributed by atoms with Gasteiger partial charge < -0.3 is 9.15 Å². The van der Waals surface area contributed by atoms with Gasteiger partial charge in [-0.3, -0.25) is 4.79 Å². The molecule has 0 saturated heterocycles. The molecule has 0 aliphatic heterocycles. The summed E-state index contributed by atoms with van der Waals surface area (Å²) in [5, 5.41) is 5.08. The van der Waals surface area contributed by atoms with Crippen LogP contribution in [0.1, 0.15) is 21.7 Å². The third kappa shape index (κ3) is 6.26. The van der Waals surface area contributed by atoms with Gasteiger partial charge in [-0.1, -0.05) is 57.3 Å². The van der Waals surface area contributed by atoms with Crippen LogP contribution in [-0.2, 0) is 6.61 Å². The number of carbonyl (C=O) groups is 1. The van der Waals surface area contributed by atoms with Crippen molar-refractivity contribution in [2.75, 3.05) is 0 Å². The highest BCUT2D eigenvalue weighted by Gasteiger charge is 2.07. The van der Waals surface area contributed by atoms with E-state index < -0.39 is 0 Å². The number of benzene rings is 3. The second-order valence-corrected chi connectivity index (χ2v) is 8.72. The molecule has 0 saturated carbocycles. The van der Waals surface area contributed by atoms with Crippen molar-refractivity contribution in [2.24, 2.45) is 5.10 Å². The number of hydrogen-bond acceptors (Lipinski definition) is 4. The van der Waals surface area contributed by atoms with Crippen molar-refractivity contribution in [3.63, 3.8) is 0 Å². The highest BCUT2D eigenvalue weighted by Crippen LogP contribution is 2.24. The Kier molecular flexibility index (Phi) is 7.50. The molecule has 33 heavy (non-hydrogen) atoms. The molecule has 3 aromatic carbocycles. The van der Waals surface area contributed by atoms with Crippen molar-refractivity contribution in [3.05, 3.63) is 110 Å². The van der Waals surface area contributed by atoms with Crippen molar-refractivity contribution in [2.45, 2.75) is 6.61 Å². The second-order valence-electron chi connectivity index (χ2n) is 6.96. The Morgan fingerprint density at radius 2 is 1.76 bits per heavy atom. The molecular weight excluding hydrogens is 527 g/mol. The van der Waals surface area contributed by atoms with Crippen molar-refractivity contribution in [1.29, 1.82) is 0 Å². The minimum absolute atomic E-state index is 0.289. The number of hydrogen-bond donors (Lipinski definition) is 1. The van der Waals surface area contributed by atoms with Crippen LogP contribution in [-0.4, -0.2) is 12.1 Å². The van der Waals surface area contributed by atoms with Crippen LogP contribution in [0.5, 0.6) is 5.75 Å². The van der Waals surface area contributed by atoms with Crippen molar-refractivity contribution in [3.8, 4) is 17.1 Å². The molecule has 0 spiro atoms. The van der Waals surface area contributed by atoms with E-state index in [9.17, 15) is 4.79 Å². The zero-order valence-corrected chi connectivity index (χ0v) is 20.2. The van der Waals surface area contributed by atoms with Crippen molar-refractivity contribution >= 4 is 51.3 Å². The fraction of sp³-hybridized carbons (Fsp3) is 0.0400. The Labute approximate surface area is 209 Å². The fourth-order valence-corrected chi connectivity index (χ4v) is 3.64. The number of amides is 1. The molecule has 0 fully saturated rings. The van der Waals surface area contributed by atoms with Crippen LogP contribution in [0.2, 0.25) is 10.0 Å². The summed E-state index contributed by atoms with van der Waals surface area (Å²) < 4.78 is 12.5. The molecule has 1 heterocycles. The highest BCUT2D eigenvalue weighted by molar-refractivity contribution is 9.10. The minimum Gasteiger partial charge on any atom is -0.489 e. The summed E-state index contributed by atoms with van der Waals surface area (Å²) in [5.41, 5.74) is 4.70. The quantitative estimate of drug-likeness (QED) is 0.195. The summed E-state index contributed by atoms with van der Waals surface area (Å²) in [7, 11) is 0. The fourth-order valence-electron chi connectivity index (χ4n) is 2.91. The Hall–Kier alpha value is -3.06. The summed E-state index contributed by atoms with van der Waals surface area (Å²) in [6.07, 6.45) is 1.45. The third-order valence-electron chi connectivity index (χ3n) is 4.64. The first-order valence-corrected chi connectivity index (χ1v) is 11.4. The molecule has 0 aliphatic rings. The molecule has 0 bridgehead atoms. The first-order valence-electron chi connectivity index (χ1n) is 9.84. The molecule has 0 aliphatic carbocycles. The normalized spacial score (nSPS) is 11.0. The molecule has 166 valence electrons. The van der Waals surface area contributed by atoms with Gasteiger partial charge >= 0.3 is 0 Å². The summed E-state index contributed by atoms with van der Waals surface area (Å²) in [6, 6.07) is 23.4. The Bertz CT molecular complexity index is 1290. The third-order valence-corrected chi connectivity index (χ3v) is 5.75. The van der Waals surface area contributed by atoms with Gasteiger partial charge in [-0.05, 0) is 60.7 Å². The lowest BCUT2D eigenvalue weighted by molar-refractivity contribution is 0.0955. The summed E-state index contributed by atoms with van der Waals surface area (Å²) >= 11 is 15.5.